The molecule has 1 aromatic carbocycles. The summed E-state index contributed by atoms with van der Waals surface area (Å²) in [6, 6.07) is 5.10. The standard InChI is InChI=1S/C11H11Cl2N3O2S/c12-7-1-8(13)3-9(2-7)14-4-10(17)6-18-11-5-15-19-16-11/h1-3,5,10,14,17H,4,6H2. The number of halogens is 2. The number of aliphatic hydroxyl groups is 1. The molecule has 0 amide bonds. The van der Waals surface area contributed by atoms with E-state index in [2.05, 4.69) is 14.1 Å². The molecule has 0 aliphatic heterocycles. The third kappa shape index (κ3) is 4.83. The second kappa shape index (κ2) is 6.91. The molecule has 1 aromatic heterocycles. The number of hydrogen-bond donors (Lipinski definition) is 2. The van der Waals surface area contributed by atoms with Gasteiger partial charge in [-0.2, -0.15) is 4.37 Å². The maximum atomic E-state index is 9.75. The number of aliphatic hydroxyl groups excluding tert-OH is 1. The molecular formula is C11H11Cl2N3O2S. The summed E-state index contributed by atoms with van der Waals surface area (Å²) < 4.78 is 12.9. The average molecular weight is 320 g/mol. The van der Waals surface area contributed by atoms with Crippen molar-refractivity contribution >= 4 is 40.6 Å². The van der Waals surface area contributed by atoms with Gasteiger partial charge in [0.25, 0.3) is 0 Å². The van der Waals surface area contributed by atoms with Crippen LogP contribution >= 0.6 is 34.9 Å². The van der Waals surface area contributed by atoms with Crippen LogP contribution in [0, 0.1) is 0 Å². The van der Waals surface area contributed by atoms with Crippen LogP contribution < -0.4 is 10.1 Å². The molecule has 1 atom stereocenters. The van der Waals surface area contributed by atoms with E-state index >= 15 is 0 Å². The second-order valence-corrected chi connectivity index (χ2v) is 5.18. The molecule has 2 N–H and O–H groups in total. The molecule has 0 radical (unpaired) electrons. The van der Waals surface area contributed by atoms with Gasteiger partial charge >= 0.3 is 0 Å². The molecule has 2 aromatic rings. The van der Waals surface area contributed by atoms with Crippen molar-refractivity contribution in [3.05, 3.63) is 34.4 Å². The number of benzene rings is 1. The Labute approximate surface area is 124 Å². The van der Waals surface area contributed by atoms with Gasteiger partial charge in [-0.1, -0.05) is 23.2 Å². The molecule has 0 aliphatic rings. The molecule has 19 heavy (non-hydrogen) atoms. The molecule has 0 saturated heterocycles. The highest BCUT2D eigenvalue weighted by Crippen LogP contribution is 2.22. The third-order valence-corrected chi connectivity index (χ3v) is 3.07. The van der Waals surface area contributed by atoms with Crippen LogP contribution in [0.1, 0.15) is 0 Å². The molecular weight excluding hydrogens is 309 g/mol. The van der Waals surface area contributed by atoms with Crippen LogP contribution in [0.3, 0.4) is 0 Å². The maximum Gasteiger partial charge on any atom is 0.245 e. The zero-order valence-corrected chi connectivity index (χ0v) is 12.0. The van der Waals surface area contributed by atoms with Crippen molar-refractivity contribution in [2.24, 2.45) is 0 Å². The Bertz CT molecular complexity index is 504. The van der Waals surface area contributed by atoms with Crippen molar-refractivity contribution < 1.29 is 9.84 Å². The second-order valence-electron chi connectivity index (χ2n) is 3.75. The van der Waals surface area contributed by atoms with Gasteiger partial charge in [0.15, 0.2) is 0 Å². The first kappa shape index (κ1) is 14.3. The average Bonchev–Trinajstić information content (AvgIpc) is 2.86. The van der Waals surface area contributed by atoms with E-state index < -0.39 is 6.10 Å². The quantitative estimate of drug-likeness (QED) is 0.856. The van der Waals surface area contributed by atoms with Gasteiger partial charge in [-0.25, -0.2) is 0 Å². The SMILES string of the molecule is OC(CNc1cc(Cl)cc(Cl)c1)COc1cnsn1. The van der Waals surface area contributed by atoms with Crippen LogP contribution in [-0.4, -0.2) is 33.1 Å². The summed E-state index contributed by atoms with van der Waals surface area (Å²) in [4.78, 5) is 0. The first-order chi connectivity index (χ1) is 9.13. The highest BCUT2D eigenvalue weighted by molar-refractivity contribution is 6.99. The van der Waals surface area contributed by atoms with Gasteiger partial charge in [-0.05, 0) is 18.2 Å². The predicted molar refractivity (Wildman–Crippen MR) is 76.4 cm³/mol. The number of nitrogens with one attached hydrogen (secondary N) is 1. The van der Waals surface area contributed by atoms with Gasteiger partial charge in [0.2, 0.25) is 5.88 Å². The summed E-state index contributed by atoms with van der Waals surface area (Å²) in [6.45, 7) is 0.445. The van der Waals surface area contributed by atoms with Crippen LogP contribution in [0.25, 0.3) is 0 Å². The first-order valence-corrected chi connectivity index (χ1v) is 6.90. The number of hydrogen-bond acceptors (Lipinski definition) is 6. The Morgan fingerprint density at radius 1 is 1.32 bits per heavy atom. The molecule has 0 fully saturated rings. The fraction of sp³-hybridized carbons (Fsp3) is 0.273. The maximum absolute atomic E-state index is 9.75. The van der Waals surface area contributed by atoms with Gasteiger partial charge in [0.05, 0.1) is 11.7 Å². The number of ether oxygens (including phenoxy) is 1. The minimum absolute atomic E-state index is 0.132. The molecule has 0 aliphatic carbocycles. The van der Waals surface area contributed by atoms with Gasteiger partial charge in [0.1, 0.15) is 18.9 Å². The van der Waals surface area contributed by atoms with Crippen LogP contribution in [0.4, 0.5) is 5.69 Å². The third-order valence-electron chi connectivity index (χ3n) is 2.17. The van der Waals surface area contributed by atoms with Crippen LogP contribution in [-0.2, 0) is 0 Å². The summed E-state index contributed by atoms with van der Waals surface area (Å²) in [6.07, 6.45) is 0.820. The van der Waals surface area contributed by atoms with Crippen LogP contribution in [0.5, 0.6) is 5.88 Å². The van der Waals surface area contributed by atoms with Crippen molar-refractivity contribution in [3.63, 3.8) is 0 Å². The lowest BCUT2D eigenvalue weighted by atomic mass is 10.3. The van der Waals surface area contributed by atoms with Gasteiger partial charge < -0.3 is 15.2 Å². The van der Waals surface area contributed by atoms with E-state index in [0.717, 1.165) is 17.4 Å². The lowest BCUT2D eigenvalue weighted by molar-refractivity contribution is 0.115. The summed E-state index contributed by atoms with van der Waals surface area (Å²) in [5, 5.41) is 13.8. The zero-order valence-electron chi connectivity index (χ0n) is 9.72. The molecule has 2 rings (SSSR count). The Morgan fingerprint density at radius 3 is 2.68 bits per heavy atom. The number of rotatable bonds is 6. The molecule has 1 heterocycles. The van der Waals surface area contributed by atoms with Crippen molar-refractivity contribution in [2.45, 2.75) is 6.10 Å². The summed E-state index contributed by atoms with van der Waals surface area (Å²) in [5.41, 5.74) is 0.742. The molecule has 0 bridgehead atoms. The smallest absolute Gasteiger partial charge is 0.245 e. The highest BCUT2D eigenvalue weighted by Gasteiger charge is 2.07. The molecule has 1 unspecified atom stereocenters. The Hall–Kier alpha value is -1.08. The van der Waals surface area contributed by atoms with E-state index in [-0.39, 0.29) is 6.61 Å². The van der Waals surface area contributed by atoms with E-state index in [9.17, 15) is 5.11 Å². The molecule has 0 saturated carbocycles. The summed E-state index contributed by atoms with van der Waals surface area (Å²) in [5.74, 6) is 0.412. The van der Waals surface area contributed by atoms with E-state index in [1.54, 1.807) is 18.2 Å². The topological polar surface area (TPSA) is 67.3 Å². The molecule has 102 valence electrons. The van der Waals surface area contributed by atoms with Gasteiger partial charge in [0, 0.05) is 22.3 Å². The fourth-order valence-corrected chi connectivity index (χ4v) is 2.24. The Kier molecular flexibility index (Phi) is 5.21. The van der Waals surface area contributed by atoms with Crippen molar-refractivity contribution in [1.29, 1.82) is 0 Å². The zero-order chi connectivity index (χ0) is 13.7. The van der Waals surface area contributed by atoms with E-state index in [1.807, 2.05) is 0 Å². The Morgan fingerprint density at radius 2 is 2.05 bits per heavy atom. The number of nitrogens with zero attached hydrogens (tertiary/aromatic N) is 2. The number of aromatic nitrogens is 2. The lowest BCUT2D eigenvalue weighted by Gasteiger charge is -2.13. The van der Waals surface area contributed by atoms with Crippen molar-refractivity contribution in [3.8, 4) is 5.88 Å². The monoisotopic (exact) mass is 319 g/mol. The van der Waals surface area contributed by atoms with E-state index in [0.29, 0.717) is 22.5 Å². The number of anilines is 1. The van der Waals surface area contributed by atoms with Gasteiger partial charge in [-0.15, -0.1) is 4.37 Å². The Balaban J connectivity index is 1.78. The highest BCUT2D eigenvalue weighted by atomic mass is 35.5. The van der Waals surface area contributed by atoms with Crippen molar-refractivity contribution in [1.82, 2.24) is 8.75 Å². The van der Waals surface area contributed by atoms with E-state index in [4.69, 9.17) is 27.9 Å². The van der Waals surface area contributed by atoms with E-state index in [1.165, 1.54) is 6.20 Å². The molecule has 0 spiro atoms. The largest absolute Gasteiger partial charge is 0.473 e. The van der Waals surface area contributed by atoms with Crippen molar-refractivity contribution in [2.75, 3.05) is 18.5 Å². The normalized spacial score (nSPS) is 12.2. The predicted octanol–water partition coefficient (Wildman–Crippen LogP) is 2.70. The minimum atomic E-state index is -0.681. The molecule has 5 nitrogen and oxygen atoms in total. The minimum Gasteiger partial charge on any atom is -0.473 e. The van der Waals surface area contributed by atoms with Crippen LogP contribution in [0.15, 0.2) is 24.4 Å². The van der Waals surface area contributed by atoms with Gasteiger partial charge in [-0.3, -0.25) is 0 Å². The lowest BCUT2D eigenvalue weighted by Crippen LogP contribution is -2.26. The summed E-state index contributed by atoms with van der Waals surface area (Å²) >= 11 is 12.8. The molecule has 8 heteroatoms. The first-order valence-electron chi connectivity index (χ1n) is 5.42. The van der Waals surface area contributed by atoms with Crippen LogP contribution in [0.2, 0.25) is 10.0 Å². The summed E-state index contributed by atoms with van der Waals surface area (Å²) in [7, 11) is 0. The fourth-order valence-electron chi connectivity index (χ4n) is 1.35.